The summed E-state index contributed by atoms with van der Waals surface area (Å²) < 4.78 is -3.80. The average Bonchev–Trinajstić information content (AvgIpc) is 1.97. The van der Waals surface area contributed by atoms with Gasteiger partial charge < -0.3 is 10.2 Å². The van der Waals surface area contributed by atoms with E-state index < -0.39 is 20.2 Å². The number of Topliss-reactive ketones (excluding diaryl/α,β-unsaturated/α-hetero) is 1. The molecule has 0 aromatic carbocycles. The smallest absolute Gasteiger partial charge is 0.261 e. The standard InChI is InChI=1S/C6H6Cl4O3/c7-4(8)1-2-5(9,10)6(12,13)3(4)11/h12-13H,1-2H2. The van der Waals surface area contributed by atoms with Crippen LogP contribution in [0.5, 0.6) is 0 Å². The van der Waals surface area contributed by atoms with Crippen molar-refractivity contribution in [2.75, 3.05) is 0 Å². The van der Waals surface area contributed by atoms with Crippen LogP contribution in [0.2, 0.25) is 0 Å². The Bertz CT molecular complexity index is 248. The summed E-state index contributed by atoms with van der Waals surface area (Å²) in [4.78, 5) is 11.3. The maximum Gasteiger partial charge on any atom is 0.261 e. The molecule has 0 radical (unpaired) electrons. The van der Waals surface area contributed by atoms with Gasteiger partial charge in [-0.2, -0.15) is 0 Å². The lowest BCUT2D eigenvalue weighted by molar-refractivity contribution is -0.194. The van der Waals surface area contributed by atoms with E-state index in [-0.39, 0.29) is 12.8 Å². The molecule has 1 fully saturated rings. The number of carbonyl (C=O) groups is 1. The number of rotatable bonds is 0. The first-order chi connectivity index (χ1) is 5.61. The molecule has 0 bridgehead atoms. The summed E-state index contributed by atoms with van der Waals surface area (Å²) in [6.07, 6.45) is -0.104. The summed E-state index contributed by atoms with van der Waals surface area (Å²) in [5.74, 6) is -4.10. The van der Waals surface area contributed by atoms with E-state index >= 15 is 0 Å². The van der Waals surface area contributed by atoms with Gasteiger partial charge in [0.15, 0.2) is 8.67 Å². The van der Waals surface area contributed by atoms with Crippen molar-refractivity contribution < 1.29 is 15.0 Å². The molecule has 1 saturated carbocycles. The Labute approximate surface area is 94.5 Å². The number of halogens is 4. The minimum atomic E-state index is -2.90. The van der Waals surface area contributed by atoms with Crippen molar-refractivity contribution in [3.05, 3.63) is 0 Å². The maximum atomic E-state index is 11.3. The van der Waals surface area contributed by atoms with Gasteiger partial charge in [-0.1, -0.05) is 46.4 Å². The van der Waals surface area contributed by atoms with Crippen LogP contribution in [0.25, 0.3) is 0 Å². The molecule has 0 aromatic rings. The van der Waals surface area contributed by atoms with Gasteiger partial charge in [0.2, 0.25) is 5.78 Å². The molecule has 2 N–H and O–H groups in total. The number of carbonyl (C=O) groups excluding carboxylic acids is 1. The number of aliphatic hydroxyl groups is 2. The van der Waals surface area contributed by atoms with Crippen molar-refractivity contribution in [3.63, 3.8) is 0 Å². The third-order valence-corrected chi connectivity index (χ3v) is 3.54. The van der Waals surface area contributed by atoms with Gasteiger partial charge in [0, 0.05) is 0 Å². The van der Waals surface area contributed by atoms with E-state index in [0.717, 1.165) is 0 Å². The normalized spacial score (nSPS) is 30.2. The molecule has 0 unspecified atom stereocenters. The molecule has 1 rings (SSSR count). The van der Waals surface area contributed by atoms with Crippen molar-refractivity contribution in [2.45, 2.75) is 27.3 Å². The van der Waals surface area contributed by atoms with Crippen molar-refractivity contribution in [1.82, 2.24) is 0 Å². The summed E-state index contributed by atoms with van der Waals surface area (Å²) in [6.45, 7) is 0. The van der Waals surface area contributed by atoms with Gasteiger partial charge >= 0.3 is 0 Å². The predicted molar refractivity (Wildman–Crippen MR) is 50.3 cm³/mol. The highest BCUT2D eigenvalue weighted by atomic mass is 35.5. The quantitative estimate of drug-likeness (QED) is 0.515. The second-order valence-electron chi connectivity index (χ2n) is 2.91. The monoisotopic (exact) mass is 266 g/mol. The fourth-order valence-electron chi connectivity index (χ4n) is 1.02. The van der Waals surface area contributed by atoms with Crippen molar-refractivity contribution in [3.8, 4) is 0 Å². The van der Waals surface area contributed by atoms with Crippen LogP contribution in [-0.4, -0.2) is 30.5 Å². The molecule has 0 saturated heterocycles. The second-order valence-corrected chi connectivity index (χ2v) is 5.88. The van der Waals surface area contributed by atoms with Crippen LogP contribution in [0.15, 0.2) is 0 Å². The Morgan fingerprint density at radius 3 is 1.92 bits per heavy atom. The third-order valence-electron chi connectivity index (χ3n) is 1.91. The lowest BCUT2D eigenvalue weighted by Crippen LogP contribution is -2.62. The van der Waals surface area contributed by atoms with Crippen LogP contribution >= 0.6 is 46.4 Å². The zero-order valence-corrected chi connectivity index (χ0v) is 9.25. The van der Waals surface area contributed by atoms with Gasteiger partial charge in [0.05, 0.1) is 0 Å². The van der Waals surface area contributed by atoms with Crippen molar-refractivity contribution in [2.24, 2.45) is 0 Å². The van der Waals surface area contributed by atoms with E-state index in [0.29, 0.717) is 0 Å². The molecular weight excluding hydrogens is 262 g/mol. The highest BCUT2D eigenvalue weighted by Crippen LogP contribution is 2.49. The summed E-state index contributed by atoms with van der Waals surface area (Å²) in [7, 11) is 0. The summed E-state index contributed by atoms with van der Waals surface area (Å²) in [5, 5.41) is 18.6. The lowest BCUT2D eigenvalue weighted by Gasteiger charge is -2.41. The van der Waals surface area contributed by atoms with Gasteiger partial charge in [0.25, 0.3) is 5.79 Å². The zero-order valence-electron chi connectivity index (χ0n) is 6.23. The molecule has 0 spiro atoms. The zero-order chi connectivity index (χ0) is 10.5. The summed E-state index contributed by atoms with van der Waals surface area (Å²) >= 11 is 22.1. The molecule has 0 amide bonds. The Kier molecular flexibility index (Phi) is 2.84. The first-order valence-corrected chi connectivity index (χ1v) is 4.88. The molecule has 1 aliphatic carbocycles. The van der Waals surface area contributed by atoms with E-state index in [1.807, 2.05) is 0 Å². The predicted octanol–water partition coefficient (Wildman–Crippen LogP) is 1.38. The highest BCUT2D eigenvalue weighted by Gasteiger charge is 2.63. The fourth-order valence-corrected chi connectivity index (χ4v) is 1.84. The van der Waals surface area contributed by atoms with Crippen LogP contribution < -0.4 is 0 Å². The van der Waals surface area contributed by atoms with E-state index in [9.17, 15) is 15.0 Å². The SMILES string of the molecule is O=C1C(Cl)(Cl)CCC(Cl)(Cl)C1(O)O. The van der Waals surface area contributed by atoms with Crippen LogP contribution in [0.1, 0.15) is 12.8 Å². The Hall–Kier alpha value is 0.750. The van der Waals surface area contributed by atoms with Gasteiger partial charge in [0.1, 0.15) is 0 Å². The minimum Gasteiger partial charge on any atom is -0.357 e. The molecule has 1 aliphatic rings. The largest absolute Gasteiger partial charge is 0.357 e. The van der Waals surface area contributed by atoms with E-state index in [1.54, 1.807) is 0 Å². The third kappa shape index (κ3) is 1.78. The van der Waals surface area contributed by atoms with E-state index in [4.69, 9.17) is 46.4 Å². The van der Waals surface area contributed by atoms with Gasteiger partial charge in [-0.15, -0.1) is 0 Å². The average molecular weight is 268 g/mol. The maximum absolute atomic E-state index is 11.3. The molecular formula is C6H6Cl4O3. The topological polar surface area (TPSA) is 57.5 Å². The molecule has 7 heteroatoms. The summed E-state index contributed by atoms with van der Waals surface area (Å²) in [5.41, 5.74) is 0. The second kappa shape index (κ2) is 3.12. The molecule has 3 nitrogen and oxygen atoms in total. The van der Waals surface area contributed by atoms with Crippen molar-refractivity contribution in [1.29, 1.82) is 0 Å². The lowest BCUT2D eigenvalue weighted by atomic mass is 9.91. The highest BCUT2D eigenvalue weighted by molar-refractivity contribution is 6.61. The molecule has 0 heterocycles. The molecule has 13 heavy (non-hydrogen) atoms. The summed E-state index contributed by atoms with van der Waals surface area (Å²) in [6, 6.07) is 0. The van der Waals surface area contributed by atoms with Crippen LogP contribution in [0.3, 0.4) is 0 Å². The van der Waals surface area contributed by atoms with E-state index in [2.05, 4.69) is 0 Å². The first kappa shape index (κ1) is 11.8. The van der Waals surface area contributed by atoms with Gasteiger partial charge in [-0.05, 0) is 12.8 Å². The van der Waals surface area contributed by atoms with Crippen LogP contribution in [-0.2, 0) is 4.79 Å². The van der Waals surface area contributed by atoms with E-state index in [1.165, 1.54) is 0 Å². The molecule has 0 atom stereocenters. The minimum absolute atomic E-state index is 0.0230. The van der Waals surface area contributed by atoms with Crippen LogP contribution in [0.4, 0.5) is 0 Å². The number of alkyl halides is 4. The Morgan fingerprint density at radius 2 is 1.54 bits per heavy atom. The number of hydrogen-bond donors (Lipinski definition) is 2. The van der Waals surface area contributed by atoms with Crippen molar-refractivity contribution >= 4 is 52.2 Å². The van der Waals surface area contributed by atoms with Gasteiger partial charge in [-0.25, -0.2) is 0 Å². The van der Waals surface area contributed by atoms with Crippen LogP contribution in [0, 0.1) is 0 Å². The Morgan fingerprint density at radius 1 is 1.08 bits per heavy atom. The number of hydrogen-bond acceptors (Lipinski definition) is 3. The fraction of sp³-hybridized carbons (Fsp3) is 0.833. The molecule has 0 aliphatic heterocycles. The number of ketones is 1. The molecule has 0 aromatic heterocycles. The Balaban J connectivity index is 3.07. The molecule has 76 valence electrons. The first-order valence-electron chi connectivity index (χ1n) is 3.36. The van der Waals surface area contributed by atoms with Gasteiger partial charge in [-0.3, -0.25) is 4.79 Å².